The molecule has 2 aliphatic carbocycles. The molecule has 2 aromatic heterocycles. The third-order valence-electron chi connectivity index (χ3n) is 9.91. The summed E-state index contributed by atoms with van der Waals surface area (Å²) in [5, 5.41) is 0. The Morgan fingerprint density at radius 2 is 0.843 bits per heavy atom. The molecule has 4 aromatic carbocycles. The van der Waals surface area contributed by atoms with E-state index in [2.05, 4.69) is 163 Å². The van der Waals surface area contributed by atoms with E-state index >= 15 is 0 Å². The van der Waals surface area contributed by atoms with Gasteiger partial charge in [-0.3, -0.25) is 12.2 Å². The molecule has 0 fully saturated rings. The minimum absolute atomic E-state index is 0. The Morgan fingerprint density at radius 1 is 0.471 bits per heavy atom. The smallest absolute Gasteiger partial charge is 0.467 e. The average Bonchev–Trinajstić information content (AvgIpc) is 3.90. The number of hydrogen-bond donors (Lipinski definition) is 0. The molecule has 0 radical (unpaired) electrons. The Hall–Kier alpha value is -4.20. The van der Waals surface area contributed by atoms with Crippen LogP contribution < -0.4 is 0 Å². The van der Waals surface area contributed by atoms with Crippen molar-refractivity contribution < 1.29 is 35.0 Å². The van der Waals surface area contributed by atoms with Gasteiger partial charge < -0.3 is 8.83 Å². The second kappa shape index (κ2) is 14.4. The van der Waals surface area contributed by atoms with Crippen molar-refractivity contribution in [1.29, 1.82) is 0 Å². The molecule has 0 aliphatic heterocycles. The molecular weight excluding hydrogens is 700 g/mol. The molecule has 2 atom stereocenters. The van der Waals surface area contributed by atoms with Crippen molar-refractivity contribution in [2.24, 2.45) is 0 Å². The molecule has 0 saturated heterocycles. The van der Waals surface area contributed by atoms with Crippen molar-refractivity contribution in [2.75, 3.05) is 0 Å². The number of hydrogen-bond acceptors (Lipinski definition) is 2. The van der Waals surface area contributed by atoms with Gasteiger partial charge in [-0.25, -0.2) is 12.2 Å². The van der Waals surface area contributed by atoms with Gasteiger partial charge in [-0.1, -0.05) is 138 Å². The summed E-state index contributed by atoms with van der Waals surface area (Å²) < 4.78 is 11.7. The molecular formula is C48H46O2Zr. The molecule has 8 rings (SSSR count). The zero-order valence-electron chi connectivity index (χ0n) is 31.0. The van der Waals surface area contributed by atoms with Crippen molar-refractivity contribution in [3.63, 3.8) is 0 Å². The molecule has 0 amide bonds. The zero-order chi connectivity index (χ0) is 35.2. The molecule has 51 heavy (non-hydrogen) atoms. The van der Waals surface area contributed by atoms with Gasteiger partial charge in [0.15, 0.2) is 0 Å². The summed E-state index contributed by atoms with van der Waals surface area (Å²) in [6.45, 7) is 17.4. The second-order valence-corrected chi connectivity index (χ2v) is 15.7. The topological polar surface area (TPSA) is 26.3 Å². The average molecular weight is 746 g/mol. The molecule has 2 nitrogen and oxygen atoms in total. The van der Waals surface area contributed by atoms with Crippen LogP contribution in [0.2, 0.25) is 0 Å². The maximum atomic E-state index is 5.84. The van der Waals surface area contributed by atoms with Crippen LogP contribution in [-0.4, -0.2) is 0 Å². The largest absolute Gasteiger partial charge is 2.00 e. The van der Waals surface area contributed by atoms with Gasteiger partial charge in [0, 0.05) is 0 Å². The number of furan rings is 2. The van der Waals surface area contributed by atoms with E-state index in [0.717, 1.165) is 23.0 Å². The van der Waals surface area contributed by atoms with Gasteiger partial charge in [-0.2, -0.15) is 11.1 Å². The number of benzene rings is 4. The van der Waals surface area contributed by atoms with Crippen LogP contribution >= 0.6 is 0 Å². The number of aryl methyl sites for hydroxylation is 2. The monoisotopic (exact) mass is 744 g/mol. The van der Waals surface area contributed by atoms with E-state index in [0.29, 0.717) is 0 Å². The number of rotatable bonds is 4. The summed E-state index contributed by atoms with van der Waals surface area (Å²) in [4.78, 5) is 0. The third kappa shape index (κ3) is 7.56. The molecule has 0 saturated carbocycles. The fourth-order valence-electron chi connectivity index (χ4n) is 7.00. The predicted molar refractivity (Wildman–Crippen MR) is 207 cm³/mol. The summed E-state index contributed by atoms with van der Waals surface area (Å²) in [7, 11) is 0. The second-order valence-electron chi connectivity index (χ2n) is 15.7. The van der Waals surface area contributed by atoms with Crippen molar-refractivity contribution in [3.8, 4) is 22.3 Å². The maximum Gasteiger partial charge on any atom is 2.00 e. The molecule has 2 heterocycles. The van der Waals surface area contributed by atoms with Crippen LogP contribution in [0.3, 0.4) is 0 Å². The van der Waals surface area contributed by atoms with Gasteiger partial charge in [0.2, 0.25) is 0 Å². The minimum atomic E-state index is 0. The molecule has 0 bridgehead atoms. The number of allylic oxidation sites excluding steroid dienone is 2. The molecule has 0 N–H and O–H groups in total. The maximum absolute atomic E-state index is 5.84. The first-order chi connectivity index (χ1) is 23.9. The Kier molecular flexibility index (Phi) is 10.4. The predicted octanol–water partition coefficient (Wildman–Crippen LogP) is 13.0. The van der Waals surface area contributed by atoms with Crippen molar-refractivity contribution in [2.45, 2.75) is 78.1 Å². The van der Waals surface area contributed by atoms with E-state index in [1.165, 1.54) is 55.6 Å². The van der Waals surface area contributed by atoms with Crippen LogP contribution in [0.4, 0.5) is 0 Å². The van der Waals surface area contributed by atoms with Gasteiger partial charge >= 0.3 is 26.2 Å². The van der Waals surface area contributed by atoms with Crippen LogP contribution in [0.25, 0.3) is 34.4 Å². The first kappa shape index (κ1) is 36.6. The molecule has 2 aliphatic rings. The molecule has 6 aromatic rings. The van der Waals surface area contributed by atoms with Gasteiger partial charge in [-0.15, -0.1) is 11.1 Å². The van der Waals surface area contributed by atoms with Crippen LogP contribution in [0.1, 0.15) is 110 Å². The van der Waals surface area contributed by atoms with Crippen LogP contribution in [-0.2, 0) is 37.0 Å². The Morgan fingerprint density at radius 3 is 1.16 bits per heavy atom. The number of fused-ring (bicyclic) bond motifs is 2. The van der Waals surface area contributed by atoms with Crippen molar-refractivity contribution in [1.82, 2.24) is 0 Å². The SMILES string of the molecule is Cc1ccc(C2[C-]=Cc3c(-c4ccc(C(C)(C)C)cc4)cccc32)o1.Cc1ccc(C2[C-]=Cc3c(-c4ccc(C(C)(C)C)cc4)cccc32)o1.[Zr+2]. The molecule has 0 spiro atoms. The molecule has 2 unspecified atom stereocenters. The van der Waals surface area contributed by atoms with Crippen LogP contribution in [0.5, 0.6) is 0 Å². The van der Waals surface area contributed by atoms with E-state index < -0.39 is 0 Å². The standard InChI is InChI=1S/2C24H23O.Zr/c2*1-16-8-15-23(25-16)22-14-13-21-19(6-5-7-20(21)22)17-9-11-18(12-10-17)24(2,3)4;/h2*5-13,15,22H,1-4H3;/q2*-1;+2. The van der Waals surface area contributed by atoms with E-state index in [4.69, 9.17) is 8.83 Å². The molecule has 3 heteroatoms. The van der Waals surface area contributed by atoms with Gasteiger partial charge in [0.1, 0.15) is 11.5 Å². The zero-order valence-corrected chi connectivity index (χ0v) is 33.5. The Labute approximate surface area is 323 Å². The first-order valence-electron chi connectivity index (χ1n) is 17.7. The quantitative estimate of drug-likeness (QED) is 0.168. The van der Waals surface area contributed by atoms with Crippen LogP contribution in [0, 0.1) is 26.0 Å². The minimum Gasteiger partial charge on any atom is -0.467 e. The first-order valence-corrected chi connectivity index (χ1v) is 17.7. The van der Waals surface area contributed by atoms with Gasteiger partial charge in [0.25, 0.3) is 0 Å². The Bertz CT molecular complexity index is 2030. The van der Waals surface area contributed by atoms with Gasteiger partial charge in [0.05, 0.1) is 11.5 Å². The summed E-state index contributed by atoms with van der Waals surface area (Å²) >= 11 is 0. The Balaban J connectivity index is 0.000000172. The summed E-state index contributed by atoms with van der Waals surface area (Å²) in [5.41, 5.74) is 13.1. The normalized spacial score (nSPS) is 15.9. The van der Waals surface area contributed by atoms with Crippen LogP contribution in [0.15, 0.2) is 118 Å². The molecule has 254 valence electrons. The van der Waals surface area contributed by atoms with Crippen molar-refractivity contribution in [3.05, 3.63) is 178 Å². The van der Waals surface area contributed by atoms with Crippen molar-refractivity contribution >= 4 is 12.2 Å². The van der Waals surface area contributed by atoms with E-state index in [9.17, 15) is 0 Å². The van der Waals surface area contributed by atoms with Gasteiger partial charge in [-0.05, 0) is 83.0 Å². The summed E-state index contributed by atoms with van der Waals surface area (Å²) in [6, 6.07) is 39.1. The third-order valence-corrected chi connectivity index (χ3v) is 9.91. The summed E-state index contributed by atoms with van der Waals surface area (Å²) in [6.07, 6.45) is 11.2. The fraction of sp³-hybridized carbons (Fsp3) is 0.250. The van der Waals surface area contributed by atoms with E-state index in [-0.39, 0.29) is 48.9 Å². The summed E-state index contributed by atoms with van der Waals surface area (Å²) in [5.74, 6) is 4.01. The van der Waals surface area contributed by atoms with E-state index in [1.54, 1.807) is 0 Å². The fourth-order valence-corrected chi connectivity index (χ4v) is 7.00. The van der Waals surface area contributed by atoms with E-state index in [1.807, 2.05) is 26.0 Å².